The molecule has 2 rings (SSSR count). The highest BCUT2D eigenvalue weighted by Gasteiger charge is 2.01. The van der Waals surface area contributed by atoms with Crippen LogP contribution in [0.4, 0.5) is 17.1 Å². The maximum atomic E-state index is 5.94. The number of rotatable bonds is 2. The first-order valence-electron chi connectivity index (χ1n) is 4.41. The molecule has 0 saturated heterocycles. The highest BCUT2D eigenvalue weighted by molar-refractivity contribution is 7.08. The largest absolute Gasteiger partial charge is 0.397 e. The van der Waals surface area contributed by atoms with Crippen LogP contribution in [-0.4, -0.2) is 0 Å². The number of nitrogen functional groups attached to an aromatic ring is 1. The van der Waals surface area contributed by atoms with Crippen molar-refractivity contribution in [3.05, 3.63) is 40.6 Å². The van der Waals surface area contributed by atoms with E-state index >= 15 is 0 Å². The fraction of sp³-hybridized carbons (Fsp3) is 0.0909. The molecule has 0 atom stereocenters. The molecule has 2 aromatic rings. The van der Waals surface area contributed by atoms with E-state index in [0.717, 1.165) is 22.6 Å². The zero-order valence-electron chi connectivity index (χ0n) is 7.95. The molecule has 1 aromatic heterocycles. The van der Waals surface area contributed by atoms with Crippen molar-refractivity contribution < 1.29 is 0 Å². The zero-order valence-corrected chi connectivity index (χ0v) is 8.77. The number of nitrogens with one attached hydrogen (secondary N) is 1. The van der Waals surface area contributed by atoms with E-state index in [2.05, 4.69) is 10.7 Å². The van der Waals surface area contributed by atoms with Crippen LogP contribution in [0.3, 0.4) is 0 Å². The Morgan fingerprint density at radius 1 is 1.29 bits per heavy atom. The van der Waals surface area contributed by atoms with Gasteiger partial charge in [-0.15, -0.1) is 0 Å². The van der Waals surface area contributed by atoms with Crippen molar-refractivity contribution in [3.8, 4) is 0 Å². The Kier molecular flexibility index (Phi) is 2.41. The minimum atomic E-state index is 0.818. The van der Waals surface area contributed by atoms with Gasteiger partial charge in [0.15, 0.2) is 0 Å². The molecule has 0 unspecified atom stereocenters. The topological polar surface area (TPSA) is 38.0 Å². The smallest absolute Gasteiger partial charge is 0.0620 e. The van der Waals surface area contributed by atoms with Crippen molar-refractivity contribution in [2.75, 3.05) is 11.1 Å². The fourth-order valence-electron chi connectivity index (χ4n) is 1.28. The second-order valence-corrected chi connectivity index (χ2v) is 3.95. The molecule has 0 bridgehead atoms. The summed E-state index contributed by atoms with van der Waals surface area (Å²) in [6, 6.07) is 8.03. The second-order valence-electron chi connectivity index (χ2n) is 3.17. The first-order chi connectivity index (χ1) is 6.77. The molecule has 0 aliphatic heterocycles. The summed E-state index contributed by atoms with van der Waals surface area (Å²) in [5.41, 5.74) is 9.93. The summed E-state index contributed by atoms with van der Waals surface area (Å²) in [5, 5.41) is 7.37. The van der Waals surface area contributed by atoms with E-state index in [0.29, 0.717) is 0 Å². The monoisotopic (exact) mass is 204 g/mol. The van der Waals surface area contributed by atoms with Gasteiger partial charge in [0.25, 0.3) is 0 Å². The second kappa shape index (κ2) is 3.72. The van der Waals surface area contributed by atoms with Gasteiger partial charge in [-0.25, -0.2) is 0 Å². The van der Waals surface area contributed by atoms with Gasteiger partial charge in [0.1, 0.15) is 0 Å². The molecule has 3 N–H and O–H groups in total. The first-order valence-corrected chi connectivity index (χ1v) is 5.36. The van der Waals surface area contributed by atoms with Crippen LogP contribution in [0.15, 0.2) is 35.0 Å². The van der Waals surface area contributed by atoms with E-state index < -0.39 is 0 Å². The molecular formula is C11H12N2S. The summed E-state index contributed by atoms with van der Waals surface area (Å²) in [4.78, 5) is 0. The maximum Gasteiger partial charge on any atom is 0.0620 e. The summed E-state index contributed by atoms with van der Waals surface area (Å²) in [7, 11) is 0. The lowest BCUT2D eigenvalue weighted by atomic mass is 10.2. The van der Waals surface area contributed by atoms with Gasteiger partial charge < -0.3 is 11.1 Å². The Balaban J connectivity index is 2.29. The zero-order chi connectivity index (χ0) is 9.97. The van der Waals surface area contributed by atoms with Gasteiger partial charge >= 0.3 is 0 Å². The van der Waals surface area contributed by atoms with Gasteiger partial charge in [-0.3, -0.25) is 0 Å². The molecule has 0 aliphatic rings. The molecule has 72 valence electrons. The average molecular weight is 204 g/mol. The van der Waals surface area contributed by atoms with Crippen molar-refractivity contribution in [1.29, 1.82) is 0 Å². The molecule has 0 aliphatic carbocycles. The van der Waals surface area contributed by atoms with Crippen LogP contribution in [0.2, 0.25) is 0 Å². The predicted octanol–water partition coefficient (Wildman–Crippen LogP) is 3.38. The lowest BCUT2D eigenvalue weighted by molar-refractivity contribution is 1.45. The van der Waals surface area contributed by atoms with Crippen molar-refractivity contribution in [2.45, 2.75) is 6.92 Å². The van der Waals surface area contributed by atoms with Crippen molar-refractivity contribution in [1.82, 2.24) is 0 Å². The lowest BCUT2D eigenvalue weighted by Gasteiger charge is -2.09. The van der Waals surface area contributed by atoms with Crippen LogP contribution in [0.25, 0.3) is 0 Å². The summed E-state index contributed by atoms with van der Waals surface area (Å²) in [5.74, 6) is 0. The minimum Gasteiger partial charge on any atom is -0.397 e. The maximum absolute atomic E-state index is 5.94. The lowest BCUT2D eigenvalue weighted by Crippen LogP contribution is -1.97. The number of thiophene rings is 1. The Labute approximate surface area is 87.4 Å². The Bertz CT molecular complexity index is 421. The molecule has 3 heteroatoms. The van der Waals surface area contributed by atoms with Crippen LogP contribution in [0.1, 0.15) is 5.56 Å². The molecule has 0 saturated carbocycles. The van der Waals surface area contributed by atoms with Gasteiger partial charge in [-0.1, -0.05) is 12.1 Å². The van der Waals surface area contributed by atoms with E-state index in [1.165, 1.54) is 0 Å². The molecule has 0 radical (unpaired) electrons. The van der Waals surface area contributed by atoms with Gasteiger partial charge in [0.2, 0.25) is 0 Å². The van der Waals surface area contributed by atoms with Gasteiger partial charge in [-0.2, -0.15) is 11.3 Å². The summed E-state index contributed by atoms with van der Waals surface area (Å²) < 4.78 is 0. The third-order valence-corrected chi connectivity index (χ3v) is 2.81. The summed E-state index contributed by atoms with van der Waals surface area (Å²) in [6.07, 6.45) is 0. The van der Waals surface area contributed by atoms with Crippen LogP contribution in [-0.2, 0) is 0 Å². The van der Waals surface area contributed by atoms with Crippen LogP contribution in [0.5, 0.6) is 0 Å². The highest BCUT2D eigenvalue weighted by atomic mass is 32.1. The molecular weight excluding hydrogens is 192 g/mol. The first kappa shape index (κ1) is 9.09. The van der Waals surface area contributed by atoms with E-state index in [9.17, 15) is 0 Å². The third-order valence-electron chi connectivity index (χ3n) is 2.12. The number of hydrogen-bond donors (Lipinski definition) is 2. The highest BCUT2D eigenvalue weighted by Crippen LogP contribution is 2.26. The van der Waals surface area contributed by atoms with Crippen LogP contribution < -0.4 is 11.1 Å². The molecule has 1 aromatic carbocycles. The predicted molar refractivity (Wildman–Crippen MR) is 63.2 cm³/mol. The average Bonchev–Trinajstić information content (AvgIpc) is 2.66. The van der Waals surface area contributed by atoms with E-state index in [-0.39, 0.29) is 0 Å². The fourth-order valence-corrected chi connectivity index (χ4v) is 1.87. The Morgan fingerprint density at radius 2 is 2.14 bits per heavy atom. The summed E-state index contributed by atoms with van der Waals surface area (Å²) >= 11 is 1.67. The van der Waals surface area contributed by atoms with Crippen molar-refractivity contribution in [2.24, 2.45) is 0 Å². The molecule has 1 heterocycles. The third kappa shape index (κ3) is 1.72. The number of para-hydroxylation sites is 1. The number of hydrogen-bond acceptors (Lipinski definition) is 3. The quantitative estimate of drug-likeness (QED) is 0.736. The summed E-state index contributed by atoms with van der Waals surface area (Å²) in [6.45, 7) is 2.01. The van der Waals surface area contributed by atoms with Gasteiger partial charge in [-0.05, 0) is 30.0 Å². The molecule has 0 fully saturated rings. The molecule has 0 amide bonds. The Hall–Kier alpha value is -1.48. The van der Waals surface area contributed by atoms with Crippen molar-refractivity contribution >= 4 is 28.4 Å². The SMILES string of the molecule is Cc1cccc(Nc2ccsc2)c1N. The minimum absolute atomic E-state index is 0.818. The standard InChI is InChI=1S/C11H12N2S/c1-8-3-2-4-10(11(8)12)13-9-5-6-14-7-9/h2-7,13H,12H2,1H3. The number of nitrogens with two attached hydrogens (primary N) is 1. The van der Waals surface area contributed by atoms with Gasteiger partial charge in [0, 0.05) is 11.1 Å². The van der Waals surface area contributed by atoms with Crippen LogP contribution >= 0.6 is 11.3 Å². The van der Waals surface area contributed by atoms with E-state index in [4.69, 9.17) is 5.73 Å². The number of anilines is 3. The Morgan fingerprint density at radius 3 is 2.86 bits per heavy atom. The van der Waals surface area contributed by atoms with E-state index in [1.807, 2.05) is 36.6 Å². The molecule has 0 spiro atoms. The number of benzene rings is 1. The van der Waals surface area contributed by atoms with Crippen molar-refractivity contribution in [3.63, 3.8) is 0 Å². The van der Waals surface area contributed by atoms with Crippen LogP contribution in [0, 0.1) is 6.92 Å². The van der Waals surface area contributed by atoms with E-state index in [1.54, 1.807) is 11.3 Å². The van der Waals surface area contributed by atoms with Gasteiger partial charge in [0.05, 0.1) is 11.4 Å². The molecule has 14 heavy (non-hydrogen) atoms. The molecule has 2 nitrogen and oxygen atoms in total. The normalized spacial score (nSPS) is 10.1. The number of aryl methyl sites for hydroxylation is 1.